The second-order valence-corrected chi connectivity index (χ2v) is 15.7. The predicted octanol–water partition coefficient (Wildman–Crippen LogP) is 17.3. The standard InChI is InChI=1S/C36H35BF18NO3.C8H3F6/c1-5-9-10-11-28(56(6-2,7-3)8-4)30-27(36(53,54)55)18-24(35(50,51)52)19-29(30)59-37(57-25-14-20(31(38,39)40)12-21(15-25)32(41,42)43)58-26-16-22(33(44,45)46)13-23(17-26)34(47,48)49;9-7(10,11)5-2-1-3-6(4-5)8(12,13)14/h12-19,28H,5-11H2,1-4H3;2-4H/q+1;-1. The average Bonchev–Trinajstić information content (AvgIpc) is 3.24. The minimum atomic E-state index is -5.63. The molecule has 4 rings (SSSR count). The Kier molecular flexibility index (Phi) is 19.2. The molecule has 0 amide bonds. The highest BCUT2D eigenvalue weighted by atomic mass is 19.4. The van der Waals surface area contributed by atoms with Gasteiger partial charge in [-0.15, -0.1) is 6.07 Å². The average molecular weight is 1100 g/mol. The molecule has 0 radical (unpaired) electrons. The van der Waals surface area contributed by atoms with Gasteiger partial charge in [-0.2, -0.15) is 124 Å². The van der Waals surface area contributed by atoms with Crippen molar-refractivity contribution in [3.05, 3.63) is 123 Å². The summed E-state index contributed by atoms with van der Waals surface area (Å²) in [4.78, 5) is 0. The fraction of sp³-hybridized carbons (Fsp3) is 0.455. The first-order chi connectivity index (χ1) is 33.0. The van der Waals surface area contributed by atoms with Gasteiger partial charge in [0.2, 0.25) is 0 Å². The lowest BCUT2D eigenvalue weighted by atomic mass is 9.89. The van der Waals surface area contributed by atoms with Crippen molar-refractivity contribution in [3.8, 4) is 17.2 Å². The van der Waals surface area contributed by atoms with Crippen molar-refractivity contribution in [3.63, 3.8) is 0 Å². The number of hydrogen-bond acceptors (Lipinski definition) is 3. The lowest BCUT2D eigenvalue weighted by Crippen LogP contribution is -2.51. The molecular weight excluding hydrogens is 1060 g/mol. The number of quaternary nitrogens is 1. The van der Waals surface area contributed by atoms with Crippen LogP contribution in [-0.2, 0) is 49.4 Å². The monoisotopic (exact) mass is 1100 g/mol. The van der Waals surface area contributed by atoms with Gasteiger partial charge in [0.25, 0.3) is 0 Å². The first-order valence-corrected chi connectivity index (χ1v) is 20.9. The molecule has 0 heterocycles. The van der Waals surface area contributed by atoms with E-state index in [1.54, 1.807) is 33.8 Å². The zero-order chi connectivity index (χ0) is 56.1. The summed E-state index contributed by atoms with van der Waals surface area (Å²) in [5.41, 5.74) is -16.1. The summed E-state index contributed by atoms with van der Waals surface area (Å²) in [7, 11) is -3.27. The van der Waals surface area contributed by atoms with Gasteiger partial charge >= 0.3 is 56.7 Å². The van der Waals surface area contributed by atoms with E-state index in [1.165, 1.54) is 0 Å². The molecule has 4 nitrogen and oxygen atoms in total. The van der Waals surface area contributed by atoms with Gasteiger partial charge in [0.05, 0.1) is 58.6 Å². The van der Waals surface area contributed by atoms with Crippen LogP contribution in [0.2, 0.25) is 0 Å². The second-order valence-electron chi connectivity index (χ2n) is 15.7. The van der Waals surface area contributed by atoms with Crippen LogP contribution < -0.4 is 14.0 Å². The molecule has 0 N–H and O–H groups in total. The van der Waals surface area contributed by atoms with E-state index >= 15 is 0 Å². The number of alkyl halides is 24. The third-order valence-electron chi connectivity index (χ3n) is 11.0. The first-order valence-electron chi connectivity index (χ1n) is 20.9. The van der Waals surface area contributed by atoms with Crippen molar-refractivity contribution < 1.29 is 124 Å². The molecule has 0 aliphatic carbocycles. The molecule has 0 bridgehead atoms. The fourth-order valence-electron chi connectivity index (χ4n) is 7.26. The number of nitrogens with zero attached hydrogens (tertiary/aromatic N) is 1. The van der Waals surface area contributed by atoms with Crippen molar-refractivity contribution in [2.24, 2.45) is 0 Å². The van der Waals surface area contributed by atoms with Crippen molar-refractivity contribution in [2.45, 2.75) is 109 Å². The van der Waals surface area contributed by atoms with Crippen LogP contribution in [0.5, 0.6) is 17.2 Å². The highest BCUT2D eigenvalue weighted by Crippen LogP contribution is 2.49. The Labute approximate surface area is 399 Å². The minimum Gasteiger partial charge on any atom is -0.490 e. The lowest BCUT2D eigenvalue weighted by Gasteiger charge is -2.44. The Morgan fingerprint density at radius 1 is 0.411 bits per heavy atom. The van der Waals surface area contributed by atoms with E-state index in [0.717, 1.165) is 0 Å². The van der Waals surface area contributed by atoms with Crippen molar-refractivity contribution in [2.75, 3.05) is 19.6 Å². The second kappa shape index (κ2) is 22.6. The third kappa shape index (κ3) is 16.8. The molecule has 0 spiro atoms. The van der Waals surface area contributed by atoms with Crippen molar-refractivity contribution in [1.82, 2.24) is 0 Å². The van der Waals surface area contributed by atoms with Gasteiger partial charge in [-0.05, 0) is 75.7 Å². The zero-order valence-corrected chi connectivity index (χ0v) is 37.7. The number of rotatable bonds is 15. The molecule has 0 saturated carbocycles. The molecule has 29 heteroatoms. The molecule has 1 unspecified atom stereocenters. The molecule has 1 atom stereocenters. The largest absolute Gasteiger partial charge is 0.864 e. The van der Waals surface area contributed by atoms with E-state index in [2.05, 4.69) is 0 Å². The normalized spacial score (nSPS) is 13.8. The van der Waals surface area contributed by atoms with Gasteiger partial charge in [0.15, 0.2) is 0 Å². The van der Waals surface area contributed by atoms with Gasteiger partial charge in [0.1, 0.15) is 23.3 Å². The quantitative estimate of drug-likeness (QED) is 0.0390. The molecule has 73 heavy (non-hydrogen) atoms. The first kappa shape index (κ1) is 61.9. The molecule has 0 aliphatic rings. The summed E-state index contributed by atoms with van der Waals surface area (Å²) < 4.78 is 340. The van der Waals surface area contributed by atoms with Crippen LogP contribution in [0.25, 0.3) is 0 Å². The molecule has 0 aromatic heterocycles. The van der Waals surface area contributed by atoms with Crippen LogP contribution in [0.15, 0.2) is 66.7 Å². The van der Waals surface area contributed by atoms with Crippen LogP contribution in [0.4, 0.5) is 105 Å². The van der Waals surface area contributed by atoms with E-state index in [9.17, 15) is 105 Å². The van der Waals surface area contributed by atoms with E-state index in [1.807, 2.05) is 0 Å². The third-order valence-corrected chi connectivity index (χ3v) is 11.0. The number of hydrogen-bond donors (Lipinski definition) is 0. The molecule has 408 valence electrons. The lowest BCUT2D eigenvalue weighted by molar-refractivity contribution is -0.953. The van der Waals surface area contributed by atoms with Crippen LogP contribution in [-0.4, -0.2) is 31.4 Å². The summed E-state index contributed by atoms with van der Waals surface area (Å²) in [5.74, 6) is -4.61. The van der Waals surface area contributed by atoms with Crippen molar-refractivity contribution in [1.29, 1.82) is 0 Å². The van der Waals surface area contributed by atoms with Crippen LogP contribution in [0.1, 0.15) is 109 Å². The molecule has 0 aliphatic heterocycles. The highest BCUT2D eigenvalue weighted by Gasteiger charge is 2.48. The topological polar surface area (TPSA) is 27.7 Å². The Hall–Kier alpha value is -5.38. The zero-order valence-electron chi connectivity index (χ0n) is 37.7. The van der Waals surface area contributed by atoms with Gasteiger partial charge < -0.3 is 18.4 Å². The molecule has 4 aromatic carbocycles. The maximum atomic E-state index is 15.0. The Bertz CT molecular complexity index is 2270. The van der Waals surface area contributed by atoms with E-state index < -0.39 is 142 Å². The number of unbranched alkanes of at least 4 members (excludes halogenated alkanes) is 2. The Balaban J connectivity index is 0.000000861. The maximum absolute atomic E-state index is 15.0. The summed E-state index contributed by atoms with van der Waals surface area (Å²) in [6.07, 6.45) is -42.3. The minimum absolute atomic E-state index is 0.0205. The summed E-state index contributed by atoms with van der Waals surface area (Å²) in [6.45, 7) is 6.46. The SMILES string of the molecule is CCCCCC(c1c(OB(Oc2cc(C(F)(F)F)cc(C(F)(F)F)c2)Oc2cc(C(F)(F)F)cc(C(F)(F)F)c2)cc(C(F)(F)F)cc1C(F)(F)F)[N+](CC)(CC)CC.FC(F)(F)c1c[c-]cc(C(F)(F)F)c1. The van der Waals surface area contributed by atoms with Gasteiger partial charge in [-0.3, -0.25) is 0 Å². The summed E-state index contributed by atoms with van der Waals surface area (Å²) >= 11 is 0. The van der Waals surface area contributed by atoms with E-state index in [4.69, 9.17) is 14.0 Å². The summed E-state index contributed by atoms with van der Waals surface area (Å²) in [5, 5.41) is 0. The van der Waals surface area contributed by atoms with Gasteiger partial charge in [-0.1, -0.05) is 30.9 Å². The van der Waals surface area contributed by atoms with Gasteiger partial charge in [0, 0.05) is 6.42 Å². The maximum Gasteiger partial charge on any atom is 0.864 e. The predicted molar refractivity (Wildman–Crippen MR) is 211 cm³/mol. The van der Waals surface area contributed by atoms with E-state index in [0.29, 0.717) is 25.0 Å². The van der Waals surface area contributed by atoms with Crippen LogP contribution >= 0.6 is 0 Å². The molecule has 4 aromatic rings. The van der Waals surface area contributed by atoms with Crippen molar-refractivity contribution >= 4 is 7.32 Å². The van der Waals surface area contributed by atoms with Crippen LogP contribution in [0.3, 0.4) is 0 Å². The molecule has 0 fully saturated rings. The fourth-order valence-corrected chi connectivity index (χ4v) is 7.26. The number of benzene rings is 4. The molecule has 0 saturated heterocycles. The molecular formula is C44H38BF24NO3. The Morgan fingerprint density at radius 2 is 0.740 bits per heavy atom. The Morgan fingerprint density at radius 3 is 1.04 bits per heavy atom. The highest BCUT2D eigenvalue weighted by molar-refractivity contribution is 6.39. The number of halogens is 24. The summed E-state index contributed by atoms with van der Waals surface area (Å²) in [6, 6.07) is -0.372. The van der Waals surface area contributed by atoms with Crippen LogP contribution in [0, 0.1) is 6.07 Å². The smallest absolute Gasteiger partial charge is 0.490 e. The van der Waals surface area contributed by atoms with Gasteiger partial charge in [-0.25, -0.2) is 0 Å². The van der Waals surface area contributed by atoms with E-state index in [-0.39, 0.29) is 79.4 Å².